The Labute approximate surface area is 102 Å². The summed E-state index contributed by atoms with van der Waals surface area (Å²) in [4.78, 5) is 17.6. The number of hydrogen-bond acceptors (Lipinski definition) is 4. The first kappa shape index (κ1) is 13.3. The minimum atomic E-state index is -0.0377. The molecule has 0 spiro atoms. The van der Waals surface area contributed by atoms with Crippen LogP contribution < -0.4 is 16.0 Å². The van der Waals surface area contributed by atoms with Gasteiger partial charge in [0.05, 0.1) is 12.2 Å². The molecular formula is C12H20N4O. The Balaban J connectivity index is 2.69. The molecule has 0 unspecified atom stereocenters. The van der Waals surface area contributed by atoms with Gasteiger partial charge < -0.3 is 16.0 Å². The van der Waals surface area contributed by atoms with Crippen molar-refractivity contribution in [3.05, 3.63) is 17.8 Å². The van der Waals surface area contributed by atoms with Crippen molar-refractivity contribution < 1.29 is 4.79 Å². The molecule has 1 amide bonds. The van der Waals surface area contributed by atoms with Gasteiger partial charge >= 0.3 is 0 Å². The van der Waals surface area contributed by atoms with Gasteiger partial charge in [0.25, 0.3) is 0 Å². The molecule has 1 rings (SSSR count). The lowest BCUT2D eigenvalue weighted by molar-refractivity contribution is -0.120. The Morgan fingerprint density at radius 1 is 1.59 bits per heavy atom. The van der Waals surface area contributed by atoms with Crippen LogP contribution in [0.5, 0.6) is 0 Å². The number of carbonyl (C=O) groups is 1. The van der Waals surface area contributed by atoms with Crippen molar-refractivity contribution in [2.75, 3.05) is 24.2 Å². The second-order valence-corrected chi connectivity index (χ2v) is 4.50. The van der Waals surface area contributed by atoms with Gasteiger partial charge in [-0.05, 0) is 32.4 Å². The first-order valence-corrected chi connectivity index (χ1v) is 5.62. The van der Waals surface area contributed by atoms with E-state index in [1.807, 2.05) is 26.8 Å². The van der Waals surface area contributed by atoms with Crippen LogP contribution in [0.1, 0.15) is 19.4 Å². The number of anilines is 2. The monoisotopic (exact) mass is 236 g/mol. The van der Waals surface area contributed by atoms with Crippen LogP contribution in [0.3, 0.4) is 0 Å². The number of aromatic nitrogens is 1. The van der Waals surface area contributed by atoms with Gasteiger partial charge in [0, 0.05) is 19.3 Å². The summed E-state index contributed by atoms with van der Waals surface area (Å²) in [5, 5.41) is 2.83. The van der Waals surface area contributed by atoms with Crippen LogP contribution in [0.15, 0.2) is 12.3 Å². The van der Waals surface area contributed by atoms with Crippen LogP contribution >= 0.6 is 0 Å². The minimum absolute atomic E-state index is 0.0377. The van der Waals surface area contributed by atoms with E-state index in [-0.39, 0.29) is 18.5 Å². The molecule has 0 saturated carbocycles. The molecule has 0 saturated heterocycles. The molecule has 0 atom stereocenters. The Kier molecular flexibility index (Phi) is 4.31. The fraction of sp³-hybridized carbons (Fsp3) is 0.500. The molecule has 1 aromatic heterocycles. The van der Waals surface area contributed by atoms with Crippen LogP contribution in [0.4, 0.5) is 11.5 Å². The van der Waals surface area contributed by atoms with Gasteiger partial charge in [-0.1, -0.05) is 0 Å². The summed E-state index contributed by atoms with van der Waals surface area (Å²) in [5.74, 6) is 0.596. The van der Waals surface area contributed by atoms with Crippen molar-refractivity contribution in [3.8, 4) is 0 Å². The molecule has 0 bridgehead atoms. The number of hydrogen-bond donors (Lipinski definition) is 2. The third-order valence-electron chi connectivity index (χ3n) is 2.22. The fourth-order valence-corrected chi connectivity index (χ4v) is 1.56. The number of pyridine rings is 1. The third-order valence-corrected chi connectivity index (χ3v) is 2.22. The number of likely N-dealkylation sites (N-methyl/N-ethyl adjacent to an activating group) is 1. The average Bonchev–Trinajstić information content (AvgIpc) is 2.15. The standard InChI is InChI=1S/C12H20N4O/c1-8(2)15-11(17)7-16(4)12-10(13)5-9(3)6-14-12/h5-6,8H,7,13H2,1-4H3,(H,15,17). The van der Waals surface area contributed by atoms with Crippen molar-refractivity contribution in [2.24, 2.45) is 0 Å². The van der Waals surface area contributed by atoms with Gasteiger partial charge in [-0.25, -0.2) is 4.98 Å². The second kappa shape index (κ2) is 5.52. The zero-order valence-electron chi connectivity index (χ0n) is 10.8. The summed E-state index contributed by atoms with van der Waals surface area (Å²) in [7, 11) is 1.80. The lowest BCUT2D eigenvalue weighted by Crippen LogP contribution is -2.39. The van der Waals surface area contributed by atoms with E-state index in [0.717, 1.165) is 5.56 Å². The van der Waals surface area contributed by atoms with Crippen molar-refractivity contribution in [1.82, 2.24) is 10.3 Å². The third kappa shape index (κ3) is 3.94. The molecule has 0 aliphatic rings. The number of nitrogen functional groups attached to an aromatic ring is 1. The van der Waals surface area contributed by atoms with E-state index >= 15 is 0 Å². The highest BCUT2D eigenvalue weighted by Crippen LogP contribution is 2.19. The quantitative estimate of drug-likeness (QED) is 0.816. The predicted octanol–water partition coefficient (Wildman–Crippen LogP) is 0.933. The van der Waals surface area contributed by atoms with Crippen molar-refractivity contribution in [2.45, 2.75) is 26.8 Å². The fourth-order valence-electron chi connectivity index (χ4n) is 1.56. The summed E-state index contributed by atoms with van der Waals surface area (Å²) in [6, 6.07) is 1.98. The Morgan fingerprint density at radius 3 is 2.76 bits per heavy atom. The number of rotatable bonds is 4. The maximum Gasteiger partial charge on any atom is 0.239 e. The highest BCUT2D eigenvalue weighted by Gasteiger charge is 2.11. The number of amides is 1. The van der Waals surface area contributed by atoms with E-state index in [0.29, 0.717) is 11.5 Å². The van der Waals surface area contributed by atoms with Gasteiger partial charge in [0.2, 0.25) is 5.91 Å². The first-order valence-electron chi connectivity index (χ1n) is 5.62. The first-order chi connectivity index (χ1) is 7.90. The van der Waals surface area contributed by atoms with E-state index < -0.39 is 0 Å². The summed E-state index contributed by atoms with van der Waals surface area (Å²) in [5.41, 5.74) is 7.46. The number of aryl methyl sites for hydroxylation is 1. The molecule has 0 fully saturated rings. The normalized spacial score (nSPS) is 10.4. The smallest absolute Gasteiger partial charge is 0.239 e. The summed E-state index contributed by atoms with van der Waals surface area (Å²) >= 11 is 0. The number of nitrogens with one attached hydrogen (secondary N) is 1. The molecule has 1 aromatic rings. The lowest BCUT2D eigenvalue weighted by atomic mass is 10.2. The largest absolute Gasteiger partial charge is 0.396 e. The Bertz CT molecular complexity index is 403. The zero-order chi connectivity index (χ0) is 13.0. The molecule has 0 aromatic carbocycles. The maximum atomic E-state index is 11.6. The molecule has 94 valence electrons. The van der Waals surface area contributed by atoms with Crippen LogP contribution in [0.25, 0.3) is 0 Å². The Morgan fingerprint density at radius 2 is 2.24 bits per heavy atom. The summed E-state index contributed by atoms with van der Waals surface area (Å²) < 4.78 is 0. The van der Waals surface area contributed by atoms with Crippen LogP contribution in [0.2, 0.25) is 0 Å². The molecule has 17 heavy (non-hydrogen) atoms. The molecular weight excluding hydrogens is 216 g/mol. The maximum absolute atomic E-state index is 11.6. The molecule has 0 aliphatic carbocycles. The van der Waals surface area contributed by atoms with Gasteiger partial charge in [0.15, 0.2) is 5.82 Å². The topological polar surface area (TPSA) is 71.2 Å². The van der Waals surface area contributed by atoms with Gasteiger partial charge in [-0.3, -0.25) is 4.79 Å². The molecule has 0 radical (unpaired) electrons. The van der Waals surface area contributed by atoms with Crippen molar-refractivity contribution >= 4 is 17.4 Å². The van der Waals surface area contributed by atoms with E-state index in [1.54, 1.807) is 18.1 Å². The average molecular weight is 236 g/mol. The van der Waals surface area contributed by atoms with Crippen molar-refractivity contribution in [3.63, 3.8) is 0 Å². The van der Waals surface area contributed by atoms with E-state index in [2.05, 4.69) is 10.3 Å². The SMILES string of the molecule is Cc1cnc(N(C)CC(=O)NC(C)C)c(N)c1. The molecule has 5 nitrogen and oxygen atoms in total. The summed E-state index contributed by atoms with van der Waals surface area (Å²) in [6.07, 6.45) is 1.74. The van der Waals surface area contributed by atoms with Gasteiger partial charge in [-0.15, -0.1) is 0 Å². The van der Waals surface area contributed by atoms with Gasteiger partial charge in [0.1, 0.15) is 0 Å². The van der Waals surface area contributed by atoms with Crippen LogP contribution in [0, 0.1) is 6.92 Å². The molecule has 1 heterocycles. The van der Waals surface area contributed by atoms with Crippen LogP contribution in [-0.2, 0) is 4.79 Å². The minimum Gasteiger partial charge on any atom is -0.396 e. The molecule has 0 aliphatic heterocycles. The number of carbonyl (C=O) groups excluding carboxylic acids is 1. The number of nitrogens with zero attached hydrogens (tertiary/aromatic N) is 2. The summed E-state index contributed by atoms with van der Waals surface area (Å²) in [6.45, 7) is 6.03. The number of nitrogens with two attached hydrogens (primary N) is 1. The molecule has 3 N–H and O–H groups in total. The zero-order valence-corrected chi connectivity index (χ0v) is 10.8. The predicted molar refractivity (Wildman–Crippen MR) is 69.9 cm³/mol. The lowest BCUT2D eigenvalue weighted by Gasteiger charge is -2.20. The van der Waals surface area contributed by atoms with Crippen LogP contribution in [-0.4, -0.2) is 30.5 Å². The highest BCUT2D eigenvalue weighted by atomic mass is 16.2. The molecule has 5 heteroatoms. The van der Waals surface area contributed by atoms with E-state index in [9.17, 15) is 4.79 Å². The Hall–Kier alpha value is -1.78. The second-order valence-electron chi connectivity index (χ2n) is 4.50. The highest BCUT2D eigenvalue weighted by molar-refractivity contribution is 5.82. The van der Waals surface area contributed by atoms with E-state index in [4.69, 9.17) is 5.73 Å². The van der Waals surface area contributed by atoms with Crippen molar-refractivity contribution in [1.29, 1.82) is 0 Å². The van der Waals surface area contributed by atoms with Gasteiger partial charge in [-0.2, -0.15) is 0 Å². The van der Waals surface area contributed by atoms with E-state index in [1.165, 1.54) is 0 Å².